The molecule has 3 aromatic heterocycles. The standard InChI is InChI=1S/C37H22FN2S.C17H22NSi.Ir/c38-28-18-14-24(15-19-28)26-16-20-35-30(22-26)31-23-27(17-21-36(31)41-35)37-39-32-11-5-7-13-34(32)40(37)33-12-6-4-10-29(33)25-8-2-1-3-9-25;1-13(2)15-11-16(14-9-7-6-8-10-14)18-12-17(15)19(3,4)5;/h1-16,18-23H;6-9,11-13H,1-5H3;/q2*-1;/i;13D;. The van der Waals surface area contributed by atoms with Gasteiger partial charge >= 0.3 is 0 Å². The van der Waals surface area contributed by atoms with Gasteiger partial charge in [-0.15, -0.1) is 59.7 Å². The summed E-state index contributed by atoms with van der Waals surface area (Å²) >= 11 is 1.76. The number of nitrogens with zero attached hydrogens (tertiary/aromatic N) is 3. The Hall–Kier alpha value is -5.82. The number of aromatic nitrogens is 3. The van der Waals surface area contributed by atoms with Crippen molar-refractivity contribution in [2.75, 3.05) is 0 Å². The monoisotopic (exact) mass is 1010 g/mol. The van der Waals surface area contributed by atoms with Crippen LogP contribution in [0.3, 0.4) is 0 Å². The molecule has 0 N–H and O–H groups in total. The van der Waals surface area contributed by atoms with E-state index in [1.54, 1.807) is 11.3 Å². The predicted octanol–water partition coefficient (Wildman–Crippen LogP) is 14.5. The fourth-order valence-corrected chi connectivity index (χ4v) is 10.5. The molecule has 7 heteroatoms. The van der Waals surface area contributed by atoms with Crippen LogP contribution in [0.25, 0.3) is 81.8 Å². The Labute approximate surface area is 377 Å². The number of fused-ring (bicyclic) bond motifs is 4. The second-order valence-electron chi connectivity index (χ2n) is 16.2. The summed E-state index contributed by atoms with van der Waals surface area (Å²) < 4.78 is 26.6. The molecule has 0 saturated heterocycles. The third kappa shape index (κ3) is 8.57. The Morgan fingerprint density at radius 3 is 2.15 bits per heavy atom. The minimum absolute atomic E-state index is 0. The van der Waals surface area contributed by atoms with Gasteiger partial charge in [-0.3, -0.25) is 4.98 Å². The van der Waals surface area contributed by atoms with Crippen molar-refractivity contribution in [3.05, 3.63) is 194 Å². The van der Waals surface area contributed by atoms with Crippen LogP contribution in [-0.2, 0) is 20.1 Å². The molecule has 7 aromatic carbocycles. The third-order valence-corrected chi connectivity index (χ3v) is 14.0. The molecular formula is C54H44FIrN3SSi-2. The maximum absolute atomic E-state index is 13.6. The smallest absolute Gasteiger partial charge is 0.123 e. The van der Waals surface area contributed by atoms with Crippen LogP contribution in [0, 0.1) is 17.9 Å². The van der Waals surface area contributed by atoms with Crippen LogP contribution in [0.4, 0.5) is 4.39 Å². The van der Waals surface area contributed by atoms with E-state index < -0.39 is 14.0 Å². The summed E-state index contributed by atoms with van der Waals surface area (Å²) in [5.41, 5.74) is 11.3. The van der Waals surface area contributed by atoms with Crippen molar-refractivity contribution in [1.29, 1.82) is 0 Å². The van der Waals surface area contributed by atoms with E-state index in [1.165, 1.54) is 32.1 Å². The van der Waals surface area contributed by atoms with E-state index >= 15 is 0 Å². The van der Waals surface area contributed by atoms with Gasteiger partial charge in [0.25, 0.3) is 0 Å². The molecule has 61 heavy (non-hydrogen) atoms. The van der Waals surface area contributed by atoms with E-state index in [1.807, 2.05) is 68.6 Å². The molecule has 0 aliphatic carbocycles. The normalized spacial score (nSPS) is 11.9. The van der Waals surface area contributed by atoms with Crippen LogP contribution in [0.2, 0.25) is 19.6 Å². The average molecular weight is 1010 g/mol. The molecule has 0 unspecified atom stereocenters. The number of pyridine rings is 1. The minimum Gasteiger partial charge on any atom is -0.333 e. The fourth-order valence-electron chi connectivity index (χ4n) is 7.82. The second-order valence-corrected chi connectivity index (χ2v) is 22.4. The quantitative estimate of drug-likeness (QED) is 0.118. The zero-order valence-corrected chi connectivity index (χ0v) is 38.8. The Bertz CT molecular complexity index is 3170. The summed E-state index contributed by atoms with van der Waals surface area (Å²) in [5.74, 6) is 0.0143. The van der Waals surface area contributed by atoms with Crippen LogP contribution in [0.15, 0.2) is 170 Å². The fraction of sp³-hybridized carbons (Fsp3) is 0.111. The number of hydrogen-bond donors (Lipinski definition) is 0. The van der Waals surface area contributed by atoms with Crippen LogP contribution >= 0.6 is 11.3 Å². The first-order chi connectivity index (χ1) is 29.4. The van der Waals surface area contributed by atoms with Gasteiger partial charge in [0.15, 0.2) is 0 Å². The second kappa shape index (κ2) is 17.6. The minimum atomic E-state index is -1.50. The number of imidazole rings is 1. The van der Waals surface area contributed by atoms with Crippen molar-refractivity contribution in [2.24, 2.45) is 0 Å². The number of para-hydroxylation sites is 3. The molecule has 0 amide bonds. The Morgan fingerprint density at radius 1 is 0.689 bits per heavy atom. The van der Waals surface area contributed by atoms with Crippen molar-refractivity contribution in [3.63, 3.8) is 0 Å². The topological polar surface area (TPSA) is 30.7 Å². The Morgan fingerprint density at radius 2 is 1.39 bits per heavy atom. The van der Waals surface area contributed by atoms with E-state index in [0.717, 1.165) is 72.6 Å². The molecule has 1 radical (unpaired) electrons. The molecule has 0 fully saturated rings. The molecule has 0 spiro atoms. The molecule has 0 aliphatic heterocycles. The number of halogens is 1. The van der Waals surface area contributed by atoms with Gasteiger partial charge in [0, 0.05) is 43.6 Å². The van der Waals surface area contributed by atoms with E-state index in [0.29, 0.717) is 0 Å². The summed E-state index contributed by atoms with van der Waals surface area (Å²) in [6, 6.07) is 61.4. The summed E-state index contributed by atoms with van der Waals surface area (Å²) in [4.78, 5) is 9.75. The largest absolute Gasteiger partial charge is 0.333 e. The Balaban J connectivity index is 0.000000214. The van der Waals surface area contributed by atoms with Gasteiger partial charge in [-0.2, -0.15) is 11.3 Å². The first kappa shape index (κ1) is 40.6. The van der Waals surface area contributed by atoms with Gasteiger partial charge in [-0.1, -0.05) is 129 Å². The van der Waals surface area contributed by atoms with Crippen LogP contribution in [0.5, 0.6) is 0 Å². The molecule has 0 atom stereocenters. The van der Waals surface area contributed by atoms with E-state index in [9.17, 15) is 4.39 Å². The summed E-state index contributed by atoms with van der Waals surface area (Å²) in [6.07, 6.45) is 1.98. The van der Waals surface area contributed by atoms with Gasteiger partial charge in [0.1, 0.15) is 5.82 Å². The first-order valence-corrected chi connectivity index (χ1v) is 24.5. The summed E-state index contributed by atoms with van der Waals surface area (Å²) in [5, 5.41) is 3.62. The van der Waals surface area contributed by atoms with Gasteiger partial charge in [0.05, 0.1) is 24.9 Å². The van der Waals surface area contributed by atoms with Crippen LogP contribution < -0.4 is 5.19 Å². The van der Waals surface area contributed by atoms with Gasteiger partial charge in [-0.05, 0) is 86.0 Å². The molecular weight excluding hydrogens is 962 g/mol. The number of benzene rings is 7. The van der Waals surface area contributed by atoms with Crippen molar-refractivity contribution in [3.8, 4) is 50.6 Å². The molecule has 0 bridgehead atoms. The van der Waals surface area contributed by atoms with Crippen molar-refractivity contribution >= 4 is 55.8 Å². The molecule has 0 aliphatic rings. The maximum Gasteiger partial charge on any atom is 0.123 e. The SMILES string of the molecule is Fc1ccc(-c2ccc3sc4c[c-]c(-c5nc6ccccc6n5-c5ccccc5-c5ccccc5)cc4c3c2)cc1.[2H]C(C)(C)c1cc(-c2[c-]cccc2)ncc1[Si](C)(C)C.[Ir]. The molecule has 0 saturated carbocycles. The third-order valence-electron chi connectivity index (χ3n) is 10.8. The first-order valence-electron chi connectivity index (χ1n) is 20.7. The van der Waals surface area contributed by atoms with Gasteiger partial charge in [0.2, 0.25) is 0 Å². The van der Waals surface area contributed by atoms with Crippen LogP contribution in [0.1, 0.15) is 26.7 Å². The Kier molecular flexibility index (Phi) is 11.7. The zero-order chi connectivity index (χ0) is 42.3. The van der Waals surface area contributed by atoms with Crippen molar-refractivity contribution in [2.45, 2.75) is 39.4 Å². The molecule has 10 rings (SSSR count). The molecule has 10 aromatic rings. The average Bonchev–Trinajstić information content (AvgIpc) is 3.85. The number of thiophene rings is 1. The summed E-state index contributed by atoms with van der Waals surface area (Å²) in [6.45, 7) is 10.8. The van der Waals surface area contributed by atoms with Crippen LogP contribution in [-0.4, -0.2) is 22.6 Å². The molecule has 3 heterocycles. The van der Waals surface area contributed by atoms with Crippen molar-refractivity contribution in [1.82, 2.24) is 14.5 Å². The number of hydrogen-bond acceptors (Lipinski definition) is 3. The van der Waals surface area contributed by atoms with Crippen molar-refractivity contribution < 1.29 is 25.9 Å². The molecule has 3 nitrogen and oxygen atoms in total. The van der Waals surface area contributed by atoms with E-state index in [-0.39, 0.29) is 25.9 Å². The van der Waals surface area contributed by atoms with E-state index in [2.05, 4.69) is 144 Å². The zero-order valence-electron chi connectivity index (χ0n) is 35.6. The van der Waals surface area contributed by atoms with Gasteiger partial charge < -0.3 is 9.55 Å². The molecule has 303 valence electrons. The summed E-state index contributed by atoms with van der Waals surface area (Å²) in [7, 11) is -1.50. The maximum atomic E-state index is 13.6. The number of rotatable bonds is 7. The predicted molar refractivity (Wildman–Crippen MR) is 255 cm³/mol. The van der Waals surface area contributed by atoms with Gasteiger partial charge in [-0.25, -0.2) is 4.39 Å². The van der Waals surface area contributed by atoms with E-state index in [4.69, 9.17) is 6.35 Å².